The lowest BCUT2D eigenvalue weighted by molar-refractivity contribution is -0.129. The molecule has 0 unspecified atom stereocenters. The summed E-state index contributed by atoms with van der Waals surface area (Å²) in [6.07, 6.45) is 4.72. The van der Waals surface area contributed by atoms with E-state index in [9.17, 15) is 9.18 Å². The zero-order chi connectivity index (χ0) is 25.1. The first-order valence-electron chi connectivity index (χ1n) is 12.1. The molecule has 36 heavy (non-hydrogen) atoms. The topological polar surface area (TPSA) is 88.6 Å². The number of pyridine rings is 2. The Labute approximate surface area is 214 Å². The number of piperidine rings is 1. The van der Waals surface area contributed by atoms with Gasteiger partial charge in [-0.1, -0.05) is 11.6 Å². The van der Waals surface area contributed by atoms with Crippen molar-refractivity contribution in [2.75, 3.05) is 39.9 Å². The van der Waals surface area contributed by atoms with Crippen LogP contribution in [0.25, 0.3) is 10.9 Å². The Bertz CT molecular complexity index is 1260. The van der Waals surface area contributed by atoms with E-state index in [2.05, 4.69) is 25.5 Å². The van der Waals surface area contributed by atoms with Gasteiger partial charge in [-0.05, 0) is 37.5 Å². The number of halogens is 2. The standard InChI is InChI=1S/C26H29ClFN5O3/c1-29-25(34)26(32-14-18-13-23-24(16-30-18)36-11-10-35-23)5-8-33(9-6-26)7-4-19-20-12-17(27)2-3-22(20)31-15-21(19)28/h2-3,12-13,15-16,32H,4-11,14H2,1H3,(H,29,34). The summed E-state index contributed by atoms with van der Waals surface area (Å²) in [4.78, 5) is 23.8. The summed E-state index contributed by atoms with van der Waals surface area (Å²) < 4.78 is 25.8. The molecule has 5 rings (SSSR count). The summed E-state index contributed by atoms with van der Waals surface area (Å²) >= 11 is 6.15. The van der Waals surface area contributed by atoms with Gasteiger partial charge in [0.2, 0.25) is 5.91 Å². The number of benzene rings is 1. The van der Waals surface area contributed by atoms with E-state index in [1.807, 2.05) is 6.07 Å². The number of hydrogen-bond acceptors (Lipinski definition) is 7. The number of hydrogen-bond donors (Lipinski definition) is 2. The summed E-state index contributed by atoms with van der Waals surface area (Å²) in [7, 11) is 1.66. The van der Waals surface area contributed by atoms with Crippen molar-refractivity contribution in [1.29, 1.82) is 0 Å². The lowest BCUT2D eigenvalue weighted by atomic mass is 9.86. The molecule has 0 bridgehead atoms. The lowest BCUT2D eigenvalue weighted by Gasteiger charge is -2.41. The first-order chi connectivity index (χ1) is 17.5. The second-order valence-electron chi connectivity index (χ2n) is 9.17. The van der Waals surface area contributed by atoms with Gasteiger partial charge < -0.3 is 19.7 Å². The fourth-order valence-electron chi connectivity index (χ4n) is 4.95. The van der Waals surface area contributed by atoms with E-state index >= 15 is 0 Å². The summed E-state index contributed by atoms with van der Waals surface area (Å²) in [5.74, 6) is 0.949. The van der Waals surface area contributed by atoms with Crippen molar-refractivity contribution in [1.82, 2.24) is 25.5 Å². The summed E-state index contributed by atoms with van der Waals surface area (Å²) in [5, 5.41) is 7.58. The number of aromatic nitrogens is 2. The number of carbonyl (C=O) groups excluding carboxylic acids is 1. The highest BCUT2D eigenvalue weighted by Crippen LogP contribution is 2.30. The largest absolute Gasteiger partial charge is 0.486 e. The van der Waals surface area contributed by atoms with Crippen molar-refractivity contribution in [2.45, 2.75) is 31.3 Å². The molecule has 2 aromatic heterocycles. The molecule has 1 amide bonds. The third-order valence-corrected chi connectivity index (χ3v) is 7.27. The number of amides is 1. The summed E-state index contributed by atoms with van der Waals surface area (Å²) in [5.41, 5.74) is 1.42. The van der Waals surface area contributed by atoms with Crippen molar-refractivity contribution in [3.63, 3.8) is 0 Å². The van der Waals surface area contributed by atoms with Crippen molar-refractivity contribution in [2.24, 2.45) is 0 Å². The van der Waals surface area contributed by atoms with Crippen LogP contribution in [0.1, 0.15) is 24.1 Å². The number of fused-ring (bicyclic) bond motifs is 2. The fourth-order valence-corrected chi connectivity index (χ4v) is 5.12. The Hall–Kier alpha value is -3.01. The molecule has 0 radical (unpaired) electrons. The Balaban J connectivity index is 1.23. The molecular weight excluding hydrogens is 485 g/mol. The normalized spacial score (nSPS) is 17.2. The average Bonchev–Trinajstić information content (AvgIpc) is 2.91. The van der Waals surface area contributed by atoms with Gasteiger partial charge >= 0.3 is 0 Å². The van der Waals surface area contributed by atoms with Crippen LogP contribution in [0.15, 0.2) is 36.7 Å². The van der Waals surface area contributed by atoms with Crippen LogP contribution < -0.4 is 20.1 Å². The number of carbonyl (C=O) groups is 1. The quantitative estimate of drug-likeness (QED) is 0.502. The van der Waals surface area contributed by atoms with E-state index < -0.39 is 5.54 Å². The predicted octanol–water partition coefficient (Wildman–Crippen LogP) is 3.11. The molecule has 8 nitrogen and oxygen atoms in total. The van der Waals surface area contributed by atoms with E-state index in [1.54, 1.807) is 31.4 Å². The van der Waals surface area contributed by atoms with Gasteiger partial charge in [0, 0.05) is 55.3 Å². The van der Waals surface area contributed by atoms with E-state index in [1.165, 1.54) is 6.20 Å². The number of ether oxygens (including phenoxy) is 2. The van der Waals surface area contributed by atoms with E-state index in [0.29, 0.717) is 80.7 Å². The Morgan fingerprint density at radius 1 is 1.14 bits per heavy atom. The van der Waals surface area contributed by atoms with Crippen LogP contribution in [-0.2, 0) is 17.8 Å². The molecule has 3 aromatic rings. The second-order valence-corrected chi connectivity index (χ2v) is 9.61. The van der Waals surface area contributed by atoms with Gasteiger partial charge in [0.1, 0.15) is 24.6 Å². The molecule has 2 aliphatic rings. The van der Waals surface area contributed by atoms with Gasteiger partial charge in [0.05, 0.1) is 23.6 Å². The van der Waals surface area contributed by atoms with Gasteiger partial charge in [-0.15, -0.1) is 0 Å². The number of nitrogens with zero attached hydrogens (tertiary/aromatic N) is 3. The van der Waals surface area contributed by atoms with Crippen molar-refractivity contribution in [3.05, 3.63) is 58.8 Å². The Morgan fingerprint density at radius 3 is 2.69 bits per heavy atom. The van der Waals surface area contributed by atoms with Crippen LogP contribution in [0.2, 0.25) is 5.02 Å². The SMILES string of the molecule is CNC(=O)C1(NCc2cc3c(cn2)OCCO3)CCN(CCc2c(F)cnc3ccc(Cl)cc23)CC1. The third-order valence-electron chi connectivity index (χ3n) is 7.03. The van der Waals surface area contributed by atoms with Crippen LogP contribution in [0.5, 0.6) is 11.5 Å². The maximum Gasteiger partial charge on any atom is 0.240 e. The van der Waals surface area contributed by atoms with E-state index in [4.69, 9.17) is 21.1 Å². The number of nitrogens with one attached hydrogen (secondary N) is 2. The smallest absolute Gasteiger partial charge is 0.240 e. The second kappa shape index (κ2) is 10.5. The molecule has 4 heterocycles. The highest BCUT2D eigenvalue weighted by Gasteiger charge is 2.40. The minimum Gasteiger partial charge on any atom is -0.486 e. The van der Waals surface area contributed by atoms with Gasteiger partial charge in [-0.3, -0.25) is 20.1 Å². The summed E-state index contributed by atoms with van der Waals surface area (Å²) in [6, 6.07) is 7.19. The molecule has 1 aromatic carbocycles. The first-order valence-corrected chi connectivity index (χ1v) is 12.5. The molecule has 0 atom stereocenters. The number of rotatable bonds is 7. The van der Waals surface area contributed by atoms with Crippen molar-refractivity contribution < 1.29 is 18.7 Å². The van der Waals surface area contributed by atoms with E-state index in [0.717, 1.165) is 16.6 Å². The summed E-state index contributed by atoms with van der Waals surface area (Å²) in [6.45, 7) is 3.55. The van der Waals surface area contributed by atoms with Crippen LogP contribution in [0.3, 0.4) is 0 Å². The predicted molar refractivity (Wildman–Crippen MR) is 135 cm³/mol. The van der Waals surface area contributed by atoms with Crippen LogP contribution in [0, 0.1) is 5.82 Å². The highest BCUT2D eigenvalue weighted by molar-refractivity contribution is 6.31. The zero-order valence-corrected chi connectivity index (χ0v) is 20.9. The van der Waals surface area contributed by atoms with Crippen LogP contribution in [0.4, 0.5) is 4.39 Å². The minimum absolute atomic E-state index is 0.0412. The van der Waals surface area contributed by atoms with Gasteiger partial charge in [-0.25, -0.2) is 4.39 Å². The third kappa shape index (κ3) is 5.09. The Morgan fingerprint density at radius 2 is 1.92 bits per heavy atom. The zero-order valence-electron chi connectivity index (χ0n) is 20.2. The molecule has 10 heteroatoms. The fraction of sp³-hybridized carbons (Fsp3) is 0.423. The molecule has 190 valence electrons. The average molecular weight is 514 g/mol. The van der Waals surface area contributed by atoms with Crippen molar-refractivity contribution in [3.8, 4) is 11.5 Å². The number of likely N-dealkylation sites (tertiary alicyclic amines) is 1. The number of likely N-dealkylation sites (N-methyl/N-ethyl adjacent to an activating group) is 1. The van der Waals surface area contributed by atoms with Gasteiger partial charge in [0.25, 0.3) is 0 Å². The maximum atomic E-state index is 14.6. The monoisotopic (exact) mass is 513 g/mol. The highest BCUT2D eigenvalue weighted by atomic mass is 35.5. The minimum atomic E-state index is -0.706. The molecule has 1 saturated heterocycles. The molecule has 0 spiro atoms. The Kier molecular flexibility index (Phi) is 7.22. The van der Waals surface area contributed by atoms with Gasteiger partial charge in [0.15, 0.2) is 11.5 Å². The molecule has 1 fully saturated rings. The van der Waals surface area contributed by atoms with Crippen LogP contribution in [-0.4, -0.2) is 66.2 Å². The molecule has 2 N–H and O–H groups in total. The maximum absolute atomic E-state index is 14.6. The molecule has 0 saturated carbocycles. The lowest BCUT2D eigenvalue weighted by Crippen LogP contribution is -2.61. The van der Waals surface area contributed by atoms with Gasteiger partial charge in [-0.2, -0.15) is 0 Å². The molecule has 2 aliphatic heterocycles. The van der Waals surface area contributed by atoms with E-state index in [-0.39, 0.29) is 11.7 Å². The molecular formula is C26H29ClFN5O3. The first kappa shape index (κ1) is 24.7. The van der Waals surface area contributed by atoms with Crippen LogP contribution >= 0.6 is 11.6 Å². The molecule has 0 aliphatic carbocycles. The van der Waals surface area contributed by atoms with Crippen molar-refractivity contribution >= 4 is 28.4 Å².